The minimum Gasteiger partial charge on any atom is -0.497 e. The van der Waals surface area contributed by atoms with Crippen LogP contribution in [0.5, 0.6) is 5.75 Å². The van der Waals surface area contributed by atoms with Gasteiger partial charge >= 0.3 is 6.09 Å². The van der Waals surface area contributed by atoms with Crippen molar-refractivity contribution in [3.05, 3.63) is 71.6 Å². The molecule has 40 heavy (non-hydrogen) atoms. The van der Waals surface area contributed by atoms with Crippen molar-refractivity contribution in [2.45, 2.75) is 63.4 Å². The molecule has 0 bridgehead atoms. The van der Waals surface area contributed by atoms with Crippen LogP contribution in [0, 0.1) is 5.82 Å². The molecule has 0 radical (unpaired) electrons. The van der Waals surface area contributed by atoms with E-state index in [1.807, 2.05) is 12.1 Å². The second kappa shape index (κ2) is 12.7. The molecule has 1 N–H and O–H groups in total. The van der Waals surface area contributed by atoms with Gasteiger partial charge in [-0.2, -0.15) is 17.0 Å². The van der Waals surface area contributed by atoms with Crippen molar-refractivity contribution in [3.8, 4) is 5.75 Å². The quantitative estimate of drug-likeness (QED) is 0.445. The molecule has 1 fully saturated rings. The predicted molar refractivity (Wildman–Crippen MR) is 151 cm³/mol. The van der Waals surface area contributed by atoms with E-state index in [9.17, 15) is 22.7 Å². The molecule has 9 nitrogen and oxygen atoms in total. The van der Waals surface area contributed by atoms with Crippen LogP contribution in [0.1, 0.15) is 43.7 Å². The average molecular weight is 576 g/mol. The molecular weight excluding hydrogens is 537 g/mol. The van der Waals surface area contributed by atoms with Gasteiger partial charge in [0.15, 0.2) is 0 Å². The zero-order chi connectivity index (χ0) is 29.0. The van der Waals surface area contributed by atoms with Gasteiger partial charge in [0, 0.05) is 26.7 Å². The van der Waals surface area contributed by atoms with E-state index in [2.05, 4.69) is 0 Å². The summed E-state index contributed by atoms with van der Waals surface area (Å²) in [6, 6.07) is 12.0. The summed E-state index contributed by atoms with van der Waals surface area (Å²) in [6.07, 6.45) is 3.15. The summed E-state index contributed by atoms with van der Waals surface area (Å²) in [6.45, 7) is 1.94. The van der Waals surface area contributed by atoms with E-state index in [0.29, 0.717) is 31.4 Å². The van der Waals surface area contributed by atoms with Crippen molar-refractivity contribution >= 4 is 21.9 Å². The zero-order valence-electron chi connectivity index (χ0n) is 23.4. The lowest BCUT2D eigenvalue weighted by molar-refractivity contribution is 0.00228. The first-order valence-electron chi connectivity index (χ1n) is 13.4. The van der Waals surface area contributed by atoms with E-state index >= 15 is 0 Å². The van der Waals surface area contributed by atoms with Crippen molar-refractivity contribution in [2.24, 2.45) is 0 Å². The fraction of sp³-hybridized carbons (Fsp3) is 0.483. The molecule has 1 unspecified atom stereocenters. The Bertz CT molecular complexity index is 1320. The van der Waals surface area contributed by atoms with Gasteiger partial charge in [-0.15, -0.1) is 0 Å². The Hall–Kier alpha value is -2.99. The smallest absolute Gasteiger partial charge is 0.407 e. The third kappa shape index (κ3) is 6.65. The summed E-state index contributed by atoms with van der Waals surface area (Å²) in [5, 5.41) is 10.1. The number of carboxylic acid groups (broad SMARTS) is 1. The summed E-state index contributed by atoms with van der Waals surface area (Å²) in [4.78, 5) is 13.6. The Labute approximate surface area is 236 Å². The van der Waals surface area contributed by atoms with Gasteiger partial charge in [0.25, 0.3) is 10.2 Å². The first-order chi connectivity index (χ1) is 19.0. The molecular formula is C29H38FN3O6S. The lowest BCUT2D eigenvalue weighted by Crippen LogP contribution is -2.53. The number of benzene rings is 2. The Morgan fingerprint density at radius 2 is 1.90 bits per heavy atom. The van der Waals surface area contributed by atoms with E-state index in [-0.39, 0.29) is 25.1 Å². The molecule has 4 atom stereocenters. The lowest BCUT2D eigenvalue weighted by atomic mass is 9.92. The molecule has 1 aliphatic heterocycles. The van der Waals surface area contributed by atoms with Gasteiger partial charge < -0.3 is 14.6 Å². The minimum atomic E-state index is -3.91. The van der Waals surface area contributed by atoms with Crippen molar-refractivity contribution in [3.63, 3.8) is 0 Å². The van der Waals surface area contributed by atoms with Gasteiger partial charge in [0.05, 0.1) is 31.9 Å². The van der Waals surface area contributed by atoms with Crippen LogP contribution in [-0.4, -0.2) is 85.2 Å². The number of halogens is 1. The molecule has 4 rings (SSSR count). The van der Waals surface area contributed by atoms with Crippen LogP contribution in [-0.2, 0) is 21.5 Å². The zero-order valence-corrected chi connectivity index (χ0v) is 24.2. The number of hydrogen-bond acceptors (Lipinski definition) is 5. The first kappa shape index (κ1) is 30.0. The second-order valence-corrected chi connectivity index (χ2v) is 12.7. The summed E-state index contributed by atoms with van der Waals surface area (Å²) in [5.74, 6) is 0.379. The van der Waals surface area contributed by atoms with Gasteiger partial charge in [-0.25, -0.2) is 9.18 Å². The predicted octanol–water partition coefficient (Wildman–Crippen LogP) is 4.60. The summed E-state index contributed by atoms with van der Waals surface area (Å²) in [7, 11) is 0.600. The van der Waals surface area contributed by atoms with Crippen molar-refractivity contribution in [2.75, 3.05) is 27.8 Å². The molecule has 2 aromatic carbocycles. The molecule has 1 amide bonds. The van der Waals surface area contributed by atoms with E-state index < -0.39 is 34.4 Å². The van der Waals surface area contributed by atoms with Crippen molar-refractivity contribution < 1.29 is 32.2 Å². The van der Waals surface area contributed by atoms with E-state index in [4.69, 9.17) is 9.47 Å². The summed E-state index contributed by atoms with van der Waals surface area (Å²) < 4.78 is 54.8. The van der Waals surface area contributed by atoms with Crippen LogP contribution in [0.25, 0.3) is 5.57 Å². The van der Waals surface area contributed by atoms with Crippen LogP contribution in [0.15, 0.2) is 54.6 Å². The second-order valence-electron chi connectivity index (χ2n) is 10.6. The number of amides is 1. The van der Waals surface area contributed by atoms with E-state index in [0.717, 1.165) is 21.0 Å². The highest BCUT2D eigenvalue weighted by Crippen LogP contribution is 2.34. The monoisotopic (exact) mass is 575 g/mol. The van der Waals surface area contributed by atoms with Gasteiger partial charge in [-0.1, -0.05) is 30.3 Å². The Morgan fingerprint density at radius 3 is 2.48 bits per heavy atom. The van der Waals surface area contributed by atoms with Crippen LogP contribution in [0.4, 0.5) is 9.18 Å². The average Bonchev–Trinajstić information content (AvgIpc) is 3.26. The third-order valence-corrected chi connectivity index (χ3v) is 9.68. The highest BCUT2D eigenvalue weighted by atomic mass is 32.2. The third-order valence-electron chi connectivity index (χ3n) is 7.77. The standard InChI is InChI=1S/C29H38FN3O6S/c1-20-16-27(32(40(36,37)31(2)3)18-21-8-12-25(38-4)13-9-21)28(33(20)29(34)35)19-39-26-14-10-22(11-15-26)23-6-5-7-24(30)17-23/h5-10,12-13,17,20,26-28H,11,14-16,18-19H2,1-4H3,(H,34,35)/t20-,26?,27+,28+/m1/s1. The van der Waals surface area contributed by atoms with Crippen LogP contribution in [0.2, 0.25) is 0 Å². The van der Waals surface area contributed by atoms with E-state index in [1.165, 1.54) is 35.4 Å². The summed E-state index contributed by atoms with van der Waals surface area (Å²) >= 11 is 0. The number of allylic oxidation sites excluding steroid dienone is 1. The van der Waals surface area contributed by atoms with Gasteiger partial charge in [-0.05, 0) is 73.6 Å². The maximum Gasteiger partial charge on any atom is 0.407 e. The molecule has 218 valence electrons. The number of carbonyl (C=O) groups is 1. The maximum atomic E-state index is 13.7. The SMILES string of the molecule is COc1ccc(CN([C@H]2C[C@@H](C)N(C(=O)O)[C@H]2COC2CC=C(c3cccc(F)c3)CC2)S(=O)(=O)N(C)C)cc1. The largest absolute Gasteiger partial charge is 0.497 e. The lowest BCUT2D eigenvalue weighted by Gasteiger charge is -2.36. The molecule has 1 heterocycles. The van der Waals surface area contributed by atoms with Gasteiger partial charge in [0.1, 0.15) is 11.6 Å². The highest BCUT2D eigenvalue weighted by Gasteiger charge is 2.48. The molecule has 1 aliphatic carbocycles. The Kier molecular flexibility index (Phi) is 9.50. The first-order valence-corrected chi connectivity index (χ1v) is 14.8. The molecule has 11 heteroatoms. The number of methoxy groups -OCH3 is 1. The normalized spacial score (nSPS) is 23.5. The molecule has 0 saturated carbocycles. The number of hydrogen-bond donors (Lipinski definition) is 1. The van der Waals surface area contributed by atoms with Crippen molar-refractivity contribution in [1.82, 2.24) is 13.5 Å². The summed E-state index contributed by atoms with van der Waals surface area (Å²) in [5.41, 5.74) is 2.67. The van der Waals surface area contributed by atoms with E-state index in [1.54, 1.807) is 44.4 Å². The maximum absolute atomic E-state index is 13.7. The van der Waals surface area contributed by atoms with Crippen LogP contribution < -0.4 is 4.74 Å². The molecule has 0 spiro atoms. The highest BCUT2D eigenvalue weighted by molar-refractivity contribution is 7.86. The minimum absolute atomic E-state index is 0.0666. The van der Waals surface area contributed by atoms with Crippen molar-refractivity contribution in [1.29, 1.82) is 0 Å². The number of ether oxygens (including phenoxy) is 2. The molecule has 1 saturated heterocycles. The Balaban J connectivity index is 1.55. The van der Waals surface area contributed by atoms with Crippen LogP contribution >= 0.6 is 0 Å². The fourth-order valence-corrected chi connectivity index (χ4v) is 6.90. The number of likely N-dealkylation sites (tertiary alicyclic amines) is 1. The number of rotatable bonds is 10. The van der Waals surface area contributed by atoms with Gasteiger partial charge in [0.2, 0.25) is 0 Å². The molecule has 0 aromatic heterocycles. The molecule has 2 aromatic rings. The topological polar surface area (TPSA) is 99.6 Å². The van der Waals surface area contributed by atoms with Crippen LogP contribution in [0.3, 0.4) is 0 Å². The Morgan fingerprint density at radius 1 is 1.18 bits per heavy atom. The fourth-order valence-electron chi connectivity index (χ4n) is 5.60. The van der Waals surface area contributed by atoms with Gasteiger partial charge in [-0.3, -0.25) is 4.90 Å². The molecule has 2 aliphatic rings. The number of nitrogens with zero attached hydrogens (tertiary/aromatic N) is 3.